The van der Waals surface area contributed by atoms with E-state index in [4.69, 9.17) is 17.3 Å². The molecule has 0 aromatic carbocycles. The Kier molecular flexibility index (Phi) is 2.17. The first kappa shape index (κ1) is 9.43. The first-order valence-electron chi connectivity index (χ1n) is 4.32. The minimum atomic E-state index is -0.681. The van der Waals surface area contributed by atoms with Crippen molar-refractivity contribution in [3.63, 3.8) is 0 Å². The van der Waals surface area contributed by atoms with E-state index in [1.54, 1.807) is 12.3 Å². The molecule has 1 aromatic heterocycles. The van der Waals surface area contributed by atoms with Gasteiger partial charge in [0.1, 0.15) is 0 Å². The molecule has 1 fully saturated rings. The van der Waals surface area contributed by atoms with Crippen molar-refractivity contribution in [1.82, 2.24) is 4.98 Å². The van der Waals surface area contributed by atoms with Gasteiger partial charge < -0.3 is 11.1 Å². The number of pyridine rings is 1. The predicted molar refractivity (Wildman–Crippen MR) is 54.0 cm³/mol. The Morgan fingerprint density at radius 3 is 2.93 bits per heavy atom. The van der Waals surface area contributed by atoms with Gasteiger partial charge in [0.2, 0.25) is 5.91 Å². The van der Waals surface area contributed by atoms with E-state index in [9.17, 15) is 4.79 Å². The zero-order valence-electron chi connectivity index (χ0n) is 7.46. The minimum Gasteiger partial charge on any atom is -0.322 e. The monoisotopic (exact) mass is 211 g/mol. The highest BCUT2D eigenvalue weighted by atomic mass is 35.5. The zero-order chi connectivity index (χ0) is 10.2. The van der Waals surface area contributed by atoms with Crippen LogP contribution in [0.4, 0.5) is 5.69 Å². The second kappa shape index (κ2) is 3.22. The van der Waals surface area contributed by atoms with Gasteiger partial charge in [0.25, 0.3) is 0 Å². The Hall–Kier alpha value is -1.13. The van der Waals surface area contributed by atoms with Crippen molar-refractivity contribution in [3.05, 3.63) is 23.5 Å². The normalized spacial score (nSPS) is 17.6. The second-order valence-electron chi connectivity index (χ2n) is 3.47. The summed E-state index contributed by atoms with van der Waals surface area (Å²) in [5.74, 6) is -0.188. The number of nitrogens with two attached hydrogens (primary N) is 1. The molecule has 0 radical (unpaired) electrons. The number of hydrogen-bond donors (Lipinski definition) is 2. The number of anilines is 1. The van der Waals surface area contributed by atoms with Gasteiger partial charge in [-0.25, -0.2) is 0 Å². The third-order valence-electron chi connectivity index (χ3n) is 2.26. The van der Waals surface area contributed by atoms with Crippen molar-refractivity contribution < 1.29 is 4.79 Å². The van der Waals surface area contributed by atoms with E-state index in [0.717, 1.165) is 12.8 Å². The minimum absolute atomic E-state index is 0.188. The van der Waals surface area contributed by atoms with Crippen molar-refractivity contribution in [3.8, 4) is 0 Å². The fraction of sp³-hybridized carbons (Fsp3) is 0.333. The van der Waals surface area contributed by atoms with Crippen LogP contribution in [0.5, 0.6) is 0 Å². The van der Waals surface area contributed by atoms with E-state index >= 15 is 0 Å². The van der Waals surface area contributed by atoms with Crippen LogP contribution in [0.15, 0.2) is 18.5 Å². The van der Waals surface area contributed by atoms with Crippen LogP contribution < -0.4 is 11.1 Å². The van der Waals surface area contributed by atoms with E-state index in [0.29, 0.717) is 10.7 Å². The second-order valence-corrected chi connectivity index (χ2v) is 3.87. The zero-order valence-corrected chi connectivity index (χ0v) is 8.21. The molecule has 1 saturated carbocycles. The smallest absolute Gasteiger partial charge is 0.244 e. The number of hydrogen-bond acceptors (Lipinski definition) is 3. The average Bonchev–Trinajstić information content (AvgIpc) is 2.89. The Balaban J connectivity index is 2.11. The summed E-state index contributed by atoms with van der Waals surface area (Å²) in [7, 11) is 0. The lowest BCUT2D eigenvalue weighted by molar-refractivity contribution is -0.118. The van der Waals surface area contributed by atoms with Gasteiger partial charge in [-0.2, -0.15) is 0 Å². The van der Waals surface area contributed by atoms with Gasteiger partial charge in [0, 0.05) is 6.20 Å². The molecule has 3 N–H and O–H groups in total. The Bertz CT molecular complexity index is 376. The van der Waals surface area contributed by atoms with Gasteiger partial charge >= 0.3 is 0 Å². The summed E-state index contributed by atoms with van der Waals surface area (Å²) < 4.78 is 0. The van der Waals surface area contributed by atoms with E-state index < -0.39 is 5.54 Å². The van der Waals surface area contributed by atoms with Gasteiger partial charge in [0.05, 0.1) is 22.4 Å². The summed E-state index contributed by atoms with van der Waals surface area (Å²) in [4.78, 5) is 15.4. The lowest BCUT2D eigenvalue weighted by Crippen LogP contribution is -2.37. The fourth-order valence-corrected chi connectivity index (χ4v) is 1.23. The van der Waals surface area contributed by atoms with Crippen LogP contribution in [-0.4, -0.2) is 16.4 Å². The van der Waals surface area contributed by atoms with Crippen LogP contribution in [0.1, 0.15) is 12.8 Å². The molecule has 0 bridgehead atoms. The third-order valence-corrected chi connectivity index (χ3v) is 2.59. The summed E-state index contributed by atoms with van der Waals surface area (Å²) in [6, 6.07) is 1.62. The molecule has 14 heavy (non-hydrogen) atoms. The first-order chi connectivity index (χ1) is 6.62. The van der Waals surface area contributed by atoms with Gasteiger partial charge in [-0.05, 0) is 18.9 Å². The summed E-state index contributed by atoms with van der Waals surface area (Å²) in [6.07, 6.45) is 4.53. The van der Waals surface area contributed by atoms with Crippen molar-refractivity contribution >= 4 is 23.2 Å². The number of carbonyl (C=O) groups excluding carboxylic acids is 1. The van der Waals surface area contributed by atoms with E-state index in [1.165, 1.54) is 6.20 Å². The summed E-state index contributed by atoms with van der Waals surface area (Å²) in [6.45, 7) is 0. The number of rotatable bonds is 2. The molecular weight excluding hydrogens is 202 g/mol. The Labute approximate surface area is 86.5 Å². The summed E-state index contributed by atoms with van der Waals surface area (Å²) in [5.41, 5.74) is 5.54. The van der Waals surface area contributed by atoms with E-state index in [1.807, 2.05) is 0 Å². The van der Waals surface area contributed by atoms with Gasteiger partial charge in [0.15, 0.2) is 0 Å². The number of amides is 1. The molecule has 0 aliphatic heterocycles. The van der Waals surface area contributed by atoms with Crippen molar-refractivity contribution in [2.75, 3.05) is 5.32 Å². The maximum Gasteiger partial charge on any atom is 0.244 e. The standard InChI is InChI=1S/C9H10ClN3O/c10-6-1-4-12-5-7(6)13-8(14)9(11)2-3-9/h1,4-5H,2-3,11H2,(H,13,14). The Morgan fingerprint density at radius 1 is 1.64 bits per heavy atom. The maximum atomic E-state index is 11.5. The highest BCUT2D eigenvalue weighted by molar-refractivity contribution is 6.33. The molecule has 5 heteroatoms. The van der Waals surface area contributed by atoms with Crippen LogP contribution in [0.25, 0.3) is 0 Å². The van der Waals surface area contributed by atoms with Crippen molar-refractivity contribution in [1.29, 1.82) is 0 Å². The molecule has 1 aromatic rings. The molecule has 0 saturated heterocycles. The molecule has 1 aliphatic carbocycles. The lowest BCUT2D eigenvalue weighted by Gasteiger charge is -2.10. The van der Waals surface area contributed by atoms with Gasteiger partial charge in [-0.15, -0.1) is 0 Å². The Morgan fingerprint density at radius 2 is 2.36 bits per heavy atom. The van der Waals surface area contributed by atoms with E-state index in [2.05, 4.69) is 10.3 Å². The molecule has 1 heterocycles. The van der Waals surface area contributed by atoms with Gasteiger partial charge in [-0.1, -0.05) is 11.6 Å². The number of nitrogens with one attached hydrogen (secondary N) is 1. The topological polar surface area (TPSA) is 68.0 Å². The third kappa shape index (κ3) is 1.71. The molecule has 1 aliphatic rings. The molecule has 0 atom stereocenters. The molecular formula is C9H10ClN3O. The van der Waals surface area contributed by atoms with Crippen LogP contribution in [0.3, 0.4) is 0 Å². The lowest BCUT2D eigenvalue weighted by atomic mass is 10.2. The molecule has 0 spiro atoms. The highest BCUT2D eigenvalue weighted by Gasteiger charge is 2.46. The average molecular weight is 212 g/mol. The first-order valence-corrected chi connectivity index (χ1v) is 4.69. The molecule has 74 valence electrons. The van der Waals surface area contributed by atoms with Crippen LogP contribution >= 0.6 is 11.6 Å². The fourth-order valence-electron chi connectivity index (χ4n) is 1.08. The molecule has 2 rings (SSSR count). The van der Waals surface area contributed by atoms with Crippen molar-refractivity contribution in [2.24, 2.45) is 5.73 Å². The van der Waals surface area contributed by atoms with E-state index in [-0.39, 0.29) is 5.91 Å². The maximum absolute atomic E-state index is 11.5. The number of nitrogens with zero attached hydrogens (tertiary/aromatic N) is 1. The molecule has 4 nitrogen and oxygen atoms in total. The predicted octanol–water partition coefficient (Wildman–Crippen LogP) is 1.16. The van der Waals surface area contributed by atoms with Crippen LogP contribution in [-0.2, 0) is 4.79 Å². The number of aromatic nitrogens is 1. The largest absolute Gasteiger partial charge is 0.322 e. The van der Waals surface area contributed by atoms with Crippen LogP contribution in [0.2, 0.25) is 5.02 Å². The summed E-state index contributed by atoms with van der Waals surface area (Å²) in [5, 5.41) is 3.12. The van der Waals surface area contributed by atoms with Crippen LogP contribution in [0, 0.1) is 0 Å². The van der Waals surface area contributed by atoms with Gasteiger partial charge in [-0.3, -0.25) is 9.78 Å². The summed E-state index contributed by atoms with van der Waals surface area (Å²) >= 11 is 5.84. The molecule has 0 unspecified atom stereocenters. The number of carbonyl (C=O) groups is 1. The number of halogens is 1. The van der Waals surface area contributed by atoms with Crippen molar-refractivity contribution in [2.45, 2.75) is 18.4 Å². The quantitative estimate of drug-likeness (QED) is 0.772. The SMILES string of the molecule is NC1(C(=O)Nc2cnccc2Cl)CC1. The molecule has 1 amide bonds. The highest BCUT2D eigenvalue weighted by Crippen LogP contribution is 2.33.